The minimum absolute atomic E-state index is 0.0868. The van der Waals surface area contributed by atoms with E-state index < -0.39 is 38.9 Å². The second-order valence-electron chi connectivity index (χ2n) is 9.70. The number of morpholine rings is 1. The maximum absolute atomic E-state index is 13.0. The van der Waals surface area contributed by atoms with Crippen LogP contribution in [0.5, 0.6) is 0 Å². The number of alkyl halides is 3. The molecule has 0 saturated carbocycles. The van der Waals surface area contributed by atoms with Gasteiger partial charge in [-0.1, -0.05) is 30.3 Å². The Morgan fingerprint density at radius 2 is 1.91 bits per heavy atom. The van der Waals surface area contributed by atoms with E-state index in [2.05, 4.69) is 16.3 Å². The molecule has 0 aromatic heterocycles. The van der Waals surface area contributed by atoms with Crippen LogP contribution in [0.4, 0.5) is 13.2 Å². The van der Waals surface area contributed by atoms with Crippen molar-refractivity contribution in [2.75, 3.05) is 19.3 Å². The molecule has 1 aromatic carbocycles. The first kappa shape index (κ1) is 22.0. The van der Waals surface area contributed by atoms with Gasteiger partial charge in [0, 0.05) is 18.8 Å². The van der Waals surface area contributed by atoms with E-state index in [-0.39, 0.29) is 18.6 Å². The molecule has 2 aliphatic heterocycles. The fourth-order valence-electron chi connectivity index (χ4n) is 5.79. The average Bonchev–Trinajstić information content (AvgIpc) is 3.06. The summed E-state index contributed by atoms with van der Waals surface area (Å²) in [6, 6.07) is 7.42. The lowest BCUT2D eigenvalue weighted by molar-refractivity contribution is -0.133. The molecule has 1 N–H and O–H groups in total. The molecule has 174 valence electrons. The Morgan fingerprint density at radius 1 is 1.19 bits per heavy atom. The molecule has 9 heteroatoms. The normalized spacial score (nSPS) is 36.1. The minimum atomic E-state index is -4.34. The summed E-state index contributed by atoms with van der Waals surface area (Å²) in [5, 5.41) is 2.64. The van der Waals surface area contributed by atoms with E-state index in [9.17, 15) is 21.6 Å². The van der Waals surface area contributed by atoms with Gasteiger partial charge >= 0.3 is 6.18 Å². The van der Waals surface area contributed by atoms with Crippen LogP contribution in [0.2, 0.25) is 0 Å². The molecular formula is C23H27F3N2O3S. The highest BCUT2D eigenvalue weighted by Gasteiger charge is 2.57. The van der Waals surface area contributed by atoms with Gasteiger partial charge in [-0.2, -0.15) is 13.2 Å². The quantitative estimate of drug-likeness (QED) is 0.690. The molecule has 0 bridgehead atoms. The molecule has 2 heterocycles. The first-order chi connectivity index (χ1) is 14.8. The summed E-state index contributed by atoms with van der Waals surface area (Å²) in [6.07, 6.45) is 1.02. The van der Waals surface area contributed by atoms with Gasteiger partial charge in [0.25, 0.3) is 0 Å². The van der Waals surface area contributed by atoms with Crippen LogP contribution >= 0.6 is 0 Å². The van der Waals surface area contributed by atoms with Gasteiger partial charge < -0.3 is 15.0 Å². The summed E-state index contributed by atoms with van der Waals surface area (Å²) >= 11 is 0. The smallest absolute Gasteiger partial charge is 0.364 e. The Hall–Kier alpha value is -1.84. The number of hydrogen-bond acceptors (Lipinski definition) is 5. The molecule has 0 amide bonds. The van der Waals surface area contributed by atoms with Crippen molar-refractivity contribution in [1.29, 1.82) is 0 Å². The average molecular weight is 469 g/mol. The van der Waals surface area contributed by atoms with Crippen molar-refractivity contribution in [2.24, 2.45) is 0 Å². The molecule has 5 nitrogen and oxygen atoms in total. The van der Waals surface area contributed by atoms with Crippen molar-refractivity contribution in [3.8, 4) is 0 Å². The standard InChI is InChI=1S/C23H27F3N2O3S/c1-21-8-9-22(2,32(3,29)30)17-11-15(27-13-23(24,25)26)12-28(20(17)21)18-10-14-6-4-5-7-16(14)19(18)31-21/h4-9,15,18-19,27H,10-13H2,1-3H3/t15-,18+,19+,21?,22?/m1/s1. The second kappa shape index (κ2) is 6.84. The number of fused-ring (bicyclic) bond motifs is 4. The molecule has 2 aliphatic carbocycles. The summed E-state index contributed by atoms with van der Waals surface area (Å²) in [4.78, 5) is 2.13. The van der Waals surface area contributed by atoms with Crippen LogP contribution in [-0.2, 0) is 21.0 Å². The largest absolute Gasteiger partial charge is 0.401 e. The van der Waals surface area contributed by atoms with Gasteiger partial charge in [0.15, 0.2) is 9.84 Å². The fraction of sp³-hybridized carbons (Fsp3) is 0.565. The highest BCUT2D eigenvalue weighted by molar-refractivity contribution is 7.92. The first-order valence-corrected chi connectivity index (χ1v) is 12.7. The molecule has 0 radical (unpaired) electrons. The third-order valence-corrected chi connectivity index (χ3v) is 9.43. The van der Waals surface area contributed by atoms with Crippen LogP contribution in [0.15, 0.2) is 47.7 Å². The van der Waals surface area contributed by atoms with E-state index in [1.54, 1.807) is 13.0 Å². The zero-order valence-corrected chi connectivity index (χ0v) is 19.1. The van der Waals surface area contributed by atoms with Crippen molar-refractivity contribution in [3.05, 3.63) is 58.8 Å². The number of rotatable bonds is 3. The van der Waals surface area contributed by atoms with Crippen LogP contribution in [0.3, 0.4) is 0 Å². The van der Waals surface area contributed by atoms with Crippen molar-refractivity contribution in [2.45, 2.75) is 61.4 Å². The van der Waals surface area contributed by atoms with E-state index in [0.29, 0.717) is 18.5 Å². The van der Waals surface area contributed by atoms with E-state index in [4.69, 9.17) is 4.74 Å². The van der Waals surface area contributed by atoms with E-state index >= 15 is 0 Å². The lowest BCUT2D eigenvalue weighted by Gasteiger charge is -2.57. The SMILES string of the molecule is CC12C=CC(C)(S(C)(=O)=O)C3=C1N(C[C@H](NCC(F)(F)F)C3)[C@H]1Cc3ccccc3[C@@H]1O2. The van der Waals surface area contributed by atoms with Crippen LogP contribution in [0.25, 0.3) is 0 Å². The van der Waals surface area contributed by atoms with Crippen LogP contribution in [-0.4, -0.2) is 61.3 Å². The number of hydrogen-bond donors (Lipinski definition) is 1. The Bertz CT molecular complexity index is 1130. The third-order valence-electron chi connectivity index (χ3n) is 7.50. The van der Waals surface area contributed by atoms with E-state index in [1.165, 1.54) is 6.26 Å². The van der Waals surface area contributed by atoms with Crippen molar-refractivity contribution < 1.29 is 26.3 Å². The zero-order valence-electron chi connectivity index (χ0n) is 18.2. The van der Waals surface area contributed by atoms with Crippen LogP contribution in [0.1, 0.15) is 37.5 Å². The van der Waals surface area contributed by atoms with Crippen molar-refractivity contribution in [3.63, 3.8) is 0 Å². The fourth-order valence-corrected chi connectivity index (χ4v) is 6.73. The van der Waals surface area contributed by atoms with E-state index in [0.717, 1.165) is 16.8 Å². The molecule has 4 aliphatic rings. The maximum Gasteiger partial charge on any atom is 0.401 e. The number of benzene rings is 1. The molecule has 2 unspecified atom stereocenters. The molecule has 0 spiro atoms. The summed E-state index contributed by atoms with van der Waals surface area (Å²) < 4.78 is 70.0. The van der Waals surface area contributed by atoms with Crippen molar-refractivity contribution in [1.82, 2.24) is 10.2 Å². The lowest BCUT2D eigenvalue weighted by atomic mass is 9.75. The Balaban J connectivity index is 1.63. The predicted octanol–water partition coefficient (Wildman–Crippen LogP) is 3.29. The molecular weight excluding hydrogens is 441 g/mol. The van der Waals surface area contributed by atoms with Crippen LogP contribution < -0.4 is 5.32 Å². The monoisotopic (exact) mass is 468 g/mol. The Morgan fingerprint density at radius 3 is 2.59 bits per heavy atom. The van der Waals surface area contributed by atoms with Crippen LogP contribution in [0, 0.1) is 0 Å². The van der Waals surface area contributed by atoms with Gasteiger partial charge in [-0.15, -0.1) is 0 Å². The van der Waals surface area contributed by atoms with Gasteiger partial charge in [-0.05, 0) is 49.5 Å². The van der Waals surface area contributed by atoms with Gasteiger partial charge in [-0.25, -0.2) is 8.42 Å². The number of ether oxygens (including phenoxy) is 1. The highest BCUT2D eigenvalue weighted by atomic mass is 32.2. The lowest BCUT2D eigenvalue weighted by Crippen LogP contribution is -2.62. The van der Waals surface area contributed by atoms with E-state index in [1.807, 2.05) is 31.2 Å². The molecule has 5 rings (SSSR count). The second-order valence-corrected chi connectivity index (χ2v) is 12.1. The third kappa shape index (κ3) is 3.23. The van der Waals surface area contributed by atoms with Gasteiger partial charge in [0.1, 0.15) is 16.5 Å². The number of nitrogens with zero attached hydrogens (tertiary/aromatic N) is 1. The summed E-state index contributed by atoms with van der Waals surface area (Å²) in [5.41, 5.74) is 2.84. The number of nitrogens with one attached hydrogen (secondary N) is 1. The minimum Gasteiger partial charge on any atom is -0.364 e. The van der Waals surface area contributed by atoms with Gasteiger partial charge in [-0.3, -0.25) is 0 Å². The highest BCUT2D eigenvalue weighted by Crippen LogP contribution is 2.54. The number of sulfone groups is 1. The Labute approximate surface area is 186 Å². The molecule has 1 aromatic rings. The molecule has 32 heavy (non-hydrogen) atoms. The van der Waals surface area contributed by atoms with Crippen molar-refractivity contribution >= 4 is 9.84 Å². The first-order valence-electron chi connectivity index (χ1n) is 10.8. The molecule has 1 fully saturated rings. The van der Waals surface area contributed by atoms with Gasteiger partial charge in [0.2, 0.25) is 0 Å². The predicted molar refractivity (Wildman–Crippen MR) is 115 cm³/mol. The molecule has 5 atom stereocenters. The summed E-state index contributed by atoms with van der Waals surface area (Å²) in [6.45, 7) is 2.83. The number of halogens is 3. The zero-order chi connectivity index (χ0) is 23.1. The maximum atomic E-state index is 13.0. The molecule has 1 saturated heterocycles. The van der Waals surface area contributed by atoms with Gasteiger partial charge in [0.05, 0.1) is 18.3 Å². The summed E-state index contributed by atoms with van der Waals surface area (Å²) in [5.74, 6) is 0. The Kier molecular flexibility index (Phi) is 4.69. The topological polar surface area (TPSA) is 58.6 Å². The summed E-state index contributed by atoms with van der Waals surface area (Å²) in [7, 11) is -3.57.